The molecule has 96 valence electrons. The smallest absolute Gasteiger partial charge is 0.410 e. The van der Waals surface area contributed by atoms with Crippen molar-refractivity contribution in [2.24, 2.45) is 5.92 Å². The lowest BCUT2D eigenvalue weighted by atomic mass is 10.0. The Morgan fingerprint density at radius 1 is 1.38 bits per heavy atom. The summed E-state index contributed by atoms with van der Waals surface area (Å²) in [5.41, 5.74) is -0.429. The Bertz CT molecular complexity index is 224. The third-order valence-corrected chi connectivity index (χ3v) is 2.81. The van der Waals surface area contributed by atoms with Gasteiger partial charge in [-0.2, -0.15) is 0 Å². The van der Waals surface area contributed by atoms with Gasteiger partial charge in [-0.05, 0) is 33.1 Å². The van der Waals surface area contributed by atoms with Crippen molar-refractivity contribution < 1.29 is 9.53 Å². The van der Waals surface area contributed by atoms with Crippen molar-refractivity contribution in [3.8, 4) is 0 Å². The quantitative estimate of drug-likeness (QED) is 0.740. The van der Waals surface area contributed by atoms with Gasteiger partial charge in [0.25, 0.3) is 0 Å². The molecule has 1 amide bonds. The van der Waals surface area contributed by atoms with E-state index in [2.05, 4.69) is 29.8 Å². The van der Waals surface area contributed by atoms with Crippen LogP contribution in [-0.4, -0.2) is 35.0 Å². The lowest BCUT2D eigenvalue weighted by molar-refractivity contribution is 0.0176. The highest BCUT2D eigenvalue weighted by atomic mass is 79.9. The molecule has 0 aliphatic carbocycles. The SMILES string of the molecule is CC(C)[C@@H](CCBr)N(C)C(=O)OC(C)(C)C. The first-order chi connectivity index (χ1) is 7.19. The largest absolute Gasteiger partial charge is 0.444 e. The molecular formula is C12H24BrNO2. The number of amides is 1. The highest BCUT2D eigenvalue weighted by Crippen LogP contribution is 2.17. The molecule has 0 N–H and O–H groups in total. The predicted octanol–water partition coefficient (Wildman–Crippen LogP) is 3.66. The molecule has 3 nitrogen and oxygen atoms in total. The number of ether oxygens (including phenoxy) is 1. The second-order valence-corrected chi connectivity index (χ2v) is 6.17. The van der Waals surface area contributed by atoms with Gasteiger partial charge in [-0.25, -0.2) is 4.79 Å². The van der Waals surface area contributed by atoms with Gasteiger partial charge in [0.1, 0.15) is 5.60 Å². The van der Waals surface area contributed by atoms with Gasteiger partial charge < -0.3 is 9.64 Å². The standard InChI is InChI=1S/C12H24BrNO2/c1-9(2)10(7-8-13)14(6)11(15)16-12(3,4)5/h9-10H,7-8H2,1-6H3/t10-/m1/s1. The summed E-state index contributed by atoms with van der Waals surface area (Å²) in [6.07, 6.45) is 0.695. The van der Waals surface area contributed by atoms with Gasteiger partial charge in [-0.3, -0.25) is 0 Å². The second-order valence-electron chi connectivity index (χ2n) is 5.38. The minimum absolute atomic E-state index is 0.217. The zero-order valence-corrected chi connectivity index (χ0v) is 12.8. The molecule has 0 aromatic rings. The van der Waals surface area contributed by atoms with Crippen molar-refractivity contribution in [3.63, 3.8) is 0 Å². The number of carbonyl (C=O) groups is 1. The van der Waals surface area contributed by atoms with Gasteiger partial charge >= 0.3 is 6.09 Å². The molecule has 0 aromatic heterocycles. The maximum atomic E-state index is 11.9. The first-order valence-corrected chi connectivity index (χ1v) is 6.83. The molecule has 1 atom stereocenters. The molecule has 0 fully saturated rings. The van der Waals surface area contributed by atoms with Crippen LogP contribution in [0.15, 0.2) is 0 Å². The van der Waals surface area contributed by atoms with E-state index in [1.165, 1.54) is 0 Å². The summed E-state index contributed by atoms with van der Waals surface area (Å²) in [4.78, 5) is 13.6. The fourth-order valence-electron chi connectivity index (χ4n) is 1.56. The van der Waals surface area contributed by atoms with Crippen LogP contribution >= 0.6 is 15.9 Å². The first-order valence-electron chi connectivity index (χ1n) is 5.70. The van der Waals surface area contributed by atoms with E-state index in [0.717, 1.165) is 11.8 Å². The summed E-state index contributed by atoms with van der Waals surface area (Å²) in [5.74, 6) is 0.426. The predicted molar refractivity (Wildman–Crippen MR) is 71.0 cm³/mol. The van der Waals surface area contributed by atoms with Crippen molar-refractivity contribution in [2.45, 2.75) is 52.7 Å². The molecule has 0 radical (unpaired) electrons. The van der Waals surface area contributed by atoms with Crippen LogP contribution in [0.1, 0.15) is 41.0 Å². The minimum Gasteiger partial charge on any atom is -0.444 e. The molecule has 0 saturated carbocycles. The number of hydrogen-bond donors (Lipinski definition) is 0. The van der Waals surface area contributed by atoms with Crippen molar-refractivity contribution in [1.29, 1.82) is 0 Å². The summed E-state index contributed by atoms with van der Waals surface area (Å²) in [6, 6.07) is 0.217. The Balaban J connectivity index is 4.49. The second kappa shape index (κ2) is 6.48. The van der Waals surface area contributed by atoms with Gasteiger partial charge in [0.05, 0.1) is 0 Å². The molecule has 0 aliphatic heterocycles. The fourth-order valence-corrected chi connectivity index (χ4v) is 2.02. The molecule has 16 heavy (non-hydrogen) atoms. The number of alkyl halides is 1. The lowest BCUT2D eigenvalue weighted by Gasteiger charge is -2.32. The van der Waals surface area contributed by atoms with Crippen molar-refractivity contribution in [3.05, 3.63) is 0 Å². The van der Waals surface area contributed by atoms with Gasteiger partial charge in [0, 0.05) is 18.4 Å². The van der Waals surface area contributed by atoms with E-state index in [9.17, 15) is 4.79 Å². The minimum atomic E-state index is -0.429. The van der Waals surface area contributed by atoms with E-state index >= 15 is 0 Å². The maximum Gasteiger partial charge on any atom is 0.410 e. The number of nitrogens with zero attached hydrogens (tertiary/aromatic N) is 1. The zero-order valence-electron chi connectivity index (χ0n) is 11.2. The lowest BCUT2D eigenvalue weighted by Crippen LogP contribution is -2.43. The summed E-state index contributed by atoms with van der Waals surface area (Å²) in [6.45, 7) is 9.89. The van der Waals surface area contributed by atoms with E-state index in [-0.39, 0.29) is 12.1 Å². The van der Waals surface area contributed by atoms with Crippen LogP contribution < -0.4 is 0 Å². The fraction of sp³-hybridized carbons (Fsp3) is 0.917. The Labute approximate surface area is 108 Å². The van der Waals surface area contributed by atoms with Gasteiger partial charge in [-0.15, -0.1) is 0 Å². The number of rotatable bonds is 4. The van der Waals surface area contributed by atoms with Gasteiger partial charge in [-0.1, -0.05) is 29.8 Å². The summed E-state index contributed by atoms with van der Waals surface area (Å²) >= 11 is 3.42. The third-order valence-electron chi connectivity index (χ3n) is 2.35. The summed E-state index contributed by atoms with van der Waals surface area (Å²) in [5, 5.41) is 0.892. The molecule has 0 heterocycles. The van der Waals surface area contributed by atoms with Crippen LogP contribution in [0.5, 0.6) is 0 Å². The van der Waals surface area contributed by atoms with Crippen LogP contribution in [0.4, 0.5) is 4.79 Å². The maximum absolute atomic E-state index is 11.9. The normalized spacial score (nSPS) is 13.8. The molecule has 0 rings (SSSR count). The van der Waals surface area contributed by atoms with Gasteiger partial charge in [0.15, 0.2) is 0 Å². The van der Waals surface area contributed by atoms with E-state index < -0.39 is 5.60 Å². The topological polar surface area (TPSA) is 29.5 Å². The van der Waals surface area contributed by atoms with Crippen LogP contribution in [0.2, 0.25) is 0 Å². The van der Waals surface area contributed by atoms with E-state index in [1.54, 1.807) is 11.9 Å². The summed E-state index contributed by atoms with van der Waals surface area (Å²) < 4.78 is 5.35. The first kappa shape index (κ1) is 15.8. The highest BCUT2D eigenvalue weighted by Gasteiger charge is 2.26. The number of hydrogen-bond acceptors (Lipinski definition) is 2. The van der Waals surface area contributed by atoms with E-state index in [4.69, 9.17) is 4.74 Å². The average Bonchev–Trinajstić information content (AvgIpc) is 2.09. The van der Waals surface area contributed by atoms with Crippen LogP contribution in [-0.2, 0) is 4.74 Å². The Morgan fingerprint density at radius 3 is 2.19 bits per heavy atom. The Kier molecular flexibility index (Phi) is 6.38. The number of halogens is 1. The highest BCUT2D eigenvalue weighted by molar-refractivity contribution is 9.09. The zero-order chi connectivity index (χ0) is 12.9. The molecule has 0 unspecified atom stereocenters. The van der Waals surface area contributed by atoms with Crippen LogP contribution in [0, 0.1) is 5.92 Å². The number of carbonyl (C=O) groups excluding carboxylic acids is 1. The van der Waals surface area contributed by atoms with Crippen LogP contribution in [0.3, 0.4) is 0 Å². The van der Waals surface area contributed by atoms with E-state index in [0.29, 0.717) is 5.92 Å². The Hall–Kier alpha value is -0.250. The molecule has 0 saturated heterocycles. The van der Waals surface area contributed by atoms with Crippen molar-refractivity contribution >= 4 is 22.0 Å². The molecule has 0 aromatic carbocycles. The van der Waals surface area contributed by atoms with E-state index in [1.807, 2.05) is 20.8 Å². The van der Waals surface area contributed by atoms with Gasteiger partial charge in [0.2, 0.25) is 0 Å². The Morgan fingerprint density at radius 2 is 1.88 bits per heavy atom. The van der Waals surface area contributed by atoms with Crippen molar-refractivity contribution in [1.82, 2.24) is 4.90 Å². The summed E-state index contributed by atoms with van der Waals surface area (Å²) in [7, 11) is 1.81. The molecule has 0 bridgehead atoms. The third kappa shape index (κ3) is 5.73. The molecular weight excluding hydrogens is 270 g/mol. The van der Waals surface area contributed by atoms with Crippen molar-refractivity contribution in [2.75, 3.05) is 12.4 Å². The molecule has 4 heteroatoms. The average molecular weight is 294 g/mol. The molecule has 0 aliphatic rings. The monoisotopic (exact) mass is 293 g/mol. The molecule has 0 spiro atoms. The van der Waals surface area contributed by atoms with Crippen LogP contribution in [0.25, 0.3) is 0 Å².